The van der Waals surface area contributed by atoms with E-state index in [0.717, 1.165) is 19.3 Å². The van der Waals surface area contributed by atoms with Crippen molar-refractivity contribution in [3.05, 3.63) is 0 Å². The summed E-state index contributed by atoms with van der Waals surface area (Å²) in [4.78, 5) is 20.9. The van der Waals surface area contributed by atoms with Gasteiger partial charge in [0.25, 0.3) is 0 Å². The summed E-state index contributed by atoms with van der Waals surface area (Å²) in [5.41, 5.74) is 0. The van der Waals surface area contributed by atoms with Gasteiger partial charge in [-0.1, -0.05) is 12.8 Å². The Morgan fingerprint density at radius 2 is 2.00 bits per heavy atom. The van der Waals surface area contributed by atoms with Crippen molar-refractivity contribution in [2.24, 2.45) is 0 Å². The van der Waals surface area contributed by atoms with E-state index in [4.69, 9.17) is 10.2 Å². The summed E-state index contributed by atoms with van der Waals surface area (Å²) < 4.78 is 0. The van der Waals surface area contributed by atoms with Crippen LogP contribution in [0.3, 0.4) is 0 Å². The minimum atomic E-state index is -0.791. The summed E-state index contributed by atoms with van der Waals surface area (Å²) >= 11 is 1.63. The van der Waals surface area contributed by atoms with Crippen LogP contribution in [0.4, 0.5) is 0 Å². The number of thioether (sulfide) groups is 1. The molecular formula is C10H17NO4S. The molecule has 5 nitrogen and oxygen atoms in total. The highest BCUT2D eigenvalue weighted by Crippen LogP contribution is 2.23. The first kappa shape index (κ1) is 13.3. The first-order valence-electron chi connectivity index (χ1n) is 5.42. The van der Waals surface area contributed by atoms with Gasteiger partial charge in [0.15, 0.2) is 0 Å². The fourth-order valence-electron chi connectivity index (χ4n) is 1.62. The van der Waals surface area contributed by atoms with Crippen LogP contribution in [0.2, 0.25) is 0 Å². The minimum absolute atomic E-state index is 0.214. The molecule has 1 unspecified atom stereocenters. The molecule has 0 aliphatic carbocycles. The SMILES string of the molecule is O=C(O)CCCCCC1N[C@H](C(=O)O)CS1. The van der Waals surface area contributed by atoms with E-state index in [0.29, 0.717) is 12.2 Å². The second-order valence-electron chi connectivity index (χ2n) is 3.87. The molecule has 0 amide bonds. The average molecular weight is 247 g/mol. The van der Waals surface area contributed by atoms with E-state index in [1.807, 2.05) is 0 Å². The lowest BCUT2D eigenvalue weighted by atomic mass is 10.1. The van der Waals surface area contributed by atoms with Gasteiger partial charge in [-0.3, -0.25) is 14.9 Å². The molecule has 16 heavy (non-hydrogen) atoms. The molecule has 0 aromatic carbocycles. The lowest BCUT2D eigenvalue weighted by molar-refractivity contribution is -0.139. The second kappa shape index (κ2) is 6.75. The third-order valence-corrected chi connectivity index (χ3v) is 3.81. The first-order valence-corrected chi connectivity index (χ1v) is 6.46. The molecule has 2 atom stereocenters. The van der Waals surface area contributed by atoms with E-state index in [-0.39, 0.29) is 11.8 Å². The van der Waals surface area contributed by atoms with E-state index in [9.17, 15) is 9.59 Å². The highest BCUT2D eigenvalue weighted by atomic mass is 32.2. The lowest BCUT2D eigenvalue weighted by Crippen LogP contribution is -2.36. The van der Waals surface area contributed by atoms with Gasteiger partial charge in [0.1, 0.15) is 6.04 Å². The van der Waals surface area contributed by atoms with Crippen molar-refractivity contribution in [2.75, 3.05) is 5.75 Å². The Bertz CT molecular complexity index is 259. The van der Waals surface area contributed by atoms with E-state index < -0.39 is 18.0 Å². The molecule has 0 bridgehead atoms. The van der Waals surface area contributed by atoms with Gasteiger partial charge in [-0.15, -0.1) is 11.8 Å². The van der Waals surface area contributed by atoms with Crippen LogP contribution in [0.5, 0.6) is 0 Å². The first-order chi connectivity index (χ1) is 7.59. The maximum absolute atomic E-state index is 10.7. The number of carboxylic acid groups (broad SMARTS) is 2. The molecule has 0 aromatic heterocycles. The van der Waals surface area contributed by atoms with Crippen molar-refractivity contribution in [1.29, 1.82) is 0 Å². The normalized spacial score (nSPS) is 24.5. The molecule has 1 rings (SSSR count). The van der Waals surface area contributed by atoms with E-state index >= 15 is 0 Å². The van der Waals surface area contributed by atoms with E-state index in [1.165, 1.54) is 0 Å². The molecule has 1 saturated heterocycles. The minimum Gasteiger partial charge on any atom is -0.481 e. The van der Waals surface area contributed by atoms with Crippen LogP contribution < -0.4 is 5.32 Å². The summed E-state index contributed by atoms with van der Waals surface area (Å²) in [6, 6.07) is -0.422. The van der Waals surface area contributed by atoms with Crippen LogP contribution >= 0.6 is 11.8 Å². The fourth-order valence-corrected chi connectivity index (χ4v) is 2.88. The zero-order chi connectivity index (χ0) is 12.0. The smallest absolute Gasteiger partial charge is 0.321 e. The lowest BCUT2D eigenvalue weighted by Gasteiger charge is -2.10. The van der Waals surface area contributed by atoms with Gasteiger partial charge in [-0.05, 0) is 12.8 Å². The highest BCUT2D eigenvalue weighted by molar-refractivity contribution is 8.00. The van der Waals surface area contributed by atoms with Crippen molar-refractivity contribution >= 4 is 23.7 Å². The molecule has 0 saturated carbocycles. The number of rotatable bonds is 7. The van der Waals surface area contributed by atoms with Gasteiger partial charge in [-0.25, -0.2) is 0 Å². The molecule has 1 heterocycles. The maximum atomic E-state index is 10.7. The maximum Gasteiger partial charge on any atom is 0.321 e. The van der Waals surface area contributed by atoms with Crippen LogP contribution in [0.25, 0.3) is 0 Å². The van der Waals surface area contributed by atoms with E-state index in [1.54, 1.807) is 11.8 Å². The predicted molar refractivity (Wildman–Crippen MR) is 61.5 cm³/mol. The Morgan fingerprint density at radius 1 is 1.25 bits per heavy atom. The monoisotopic (exact) mass is 247 g/mol. The quantitative estimate of drug-likeness (QED) is 0.585. The third kappa shape index (κ3) is 4.85. The van der Waals surface area contributed by atoms with Gasteiger partial charge in [0.2, 0.25) is 0 Å². The van der Waals surface area contributed by atoms with Crippen molar-refractivity contribution in [3.8, 4) is 0 Å². The number of hydrogen-bond acceptors (Lipinski definition) is 4. The fraction of sp³-hybridized carbons (Fsp3) is 0.800. The van der Waals surface area contributed by atoms with Crippen LogP contribution in [0.15, 0.2) is 0 Å². The van der Waals surface area contributed by atoms with Gasteiger partial charge in [0, 0.05) is 12.2 Å². The zero-order valence-corrected chi connectivity index (χ0v) is 9.83. The Balaban J connectivity index is 2.02. The third-order valence-electron chi connectivity index (χ3n) is 2.51. The van der Waals surface area contributed by atoms with Gasteiger partial charge in [-0.2, -0.15) is 0 Å². The Hall–Kier alpha value is -0.750. The summed E-state index contributed by atoms with van der Waals surface area (Å²) in [5, 5.41) is 20.5. The molecule has 0 aromatic rings. The number of carboxylic acids is 2. The van der Waals surface area contributed by atoms with Crippen molar-refractivity contribution < 1.29 is 19.8 Å². The summed E-state index contributed by atoms with van der Waals surface area (Å²) in [6.07, 6.45) is 3.68. The van der Waals surface area contributed by atoms with Crippen LogP contribution in [0, 0.1) is 0 Å². The van der Waals surface area contributed by atoms with Gasteiger partial charge < -0.3 is 10.2 Å². The molecule has 1 aliphatic rings. The molecule has 0 radical (unpaired) electrons. The number of hydrogen-bond donors (Lipinski definition) is 3. The predicted octanol–water partition coefficient (Wildman–Crippen LogP) is 1.14. The summed E-state index contributed by atoms with van der Waals surface area (Å²) in [7, 11) is 0. The van der Waals surface area contributed by atoms with E-state index in [2.05, 4.69) is 5.32 Å². The molecule has 0 spiro atoms. The molecule has 6 heteroatoms. The summed E-state index contributed by atoms with van der Waals surface area (Å²) in [6.45, 7) is 0. The highest BCUT2D eigenvalue weighted by Gasteiger charge is 2.28. The van der Waals surface area contributed by atoms with Gasteiger partial charge in [0.05, 0.1) is 5.37 Å². The molecule has 1 aliphatic heterocycles. The number of nitrogens with one attached hydrogen (secondary N) is 1. The van der Waals surface area contributed by atoms with Crippen molar-refractivity contribution in [2.45, 2.75) is 43.5 Å². The standard InChI is InChI=1S/C10H17NO4S/c12-9(13)5-3-1-2-4-8-11-7(6-16-8)10(14)15/h7-8,11H,1-6H2,(H,12,13)(H,14,15)/t7-,8?/m0/s1. The van der Waals surface area contributed by atoms with Crippen molar-refractivity contribution in [1.82, 2.24) is 5.32 Å². The topological polar surface area (TPSA) is 86.6 Å². The van der Waals surface area contributed by atoms with Crippen molar-refractivity contribution in [3.63, 3.8) is 0 Å². The Morgan fingerprint density at radius 3 is 2.56 bits per heavy atom. The van der Waals surface area contributed by atoms with Crippen LogP contribution in [0.1, 0.15) is 32.1 Å². The molecular weight excluding hydrogens is 230 g/mol. The molecule has 1 fully saturated rings. The molecule has 92 valence electrons. The zero-order valence-electron chi connectivity index (χ0n) is 9.02. The largest absolute Gasteiger partial charge is 0.481 e. The number of aliphatic carboxylic acids is 2. The Kier molecular flexibility index (Phi) is 5.62. The summed E-state index contributed by atoms with van der Waals surface area (Å²) in [5.74, 6) is -0.921. The number of carbonyl (C=O) groups is 2. The van der Waals surface area contributed by atoms with Crippen LogP contribution in [-0.2, 0) is 9.59 Å². The van der Waals surface area contributed by atoms with Gasteiger partial charge >= 0.3 is 11.9 Å². The molecule has 3 N–H and O–H groups in total. The average Bonchev–Trinajstić information content (AvgIpc) is 2.65. The second-order valence-corrected chi connectivity index (χ2v) is 5.11. The Labute approximate surface area is 98.6 Å². The number of unbranched alkanes of at least 4 members (excludes halogenated alkanes) is 2. The van der Waals surface area contributed by atoms with Crippen LogP contribution in [-0.4, -0.2) is 39.3 Å².